The number of esters is 2. The molecule has 0 aromatic heterocycles. The highest BCUT2D eigenvalue weighted by Crippen LogP contribution is 2.52. The molecule has 2 fully saturated rings. The minimum atomic E-state index is -0.668. The Morgan fingerprint density at radius 1 is 1.34 bits per heavy atom. The summed E-state index contributed by atoms with van der Waals surface area (Å²) < 4.78 is 21.7. The van der Waals surface area contributed by atoms with Crippen LogP contribution >= 0.6 is 24.0 Å². The average molecular weight is 520 g/mol. The minimum Gasteiger partial charge on any atom is -0.461 e. The molecule has 1 aromatic carbocycles. The molecule has 0 spiro atoms. The first-order valence-electron chi connectivity index (χ1n) is 11.3. The zero-order valence-electron chi connectivity index (χ0n) is 19.1. The molecule has 5 atom stereocenters. The van der Waals surface area contributed by atoms with Gasteiger partial charge in [-0.2, -0.15) is 0 Å². The number of β-lactam (4-membered cyclic amide) rings is 1. The predicted octanol–water partition coefficient (Wildman–Crippen LogP) is 1.32. The summed E-state index contributed by atoms with van der Waals surface area (Å²) in [6, 6.07) is 4.53. The van der Waals surface area contributed by atoms with Crippen LogP contribution in [0.1, 0.15) is 20.3 Å². The zero-order valence-corrected chi connectivity index (χ0v) is 20.8. The third kappa shape index (κ3) is 4.23. The van der Waals surface area contributed by atoms with Crippen LogP contribution in [0.15, 0.2) is 28.8 Å². The molecular formula is C23H25N3O7S2. The van der Waals surface area contributed by atoms with E-state index < -0.39 is 24.0 Å². The van der Waals surface area contributed by atoms with Gasteiger partial charge in [0.1, 0.15) is 17.6 Å². The molecule has 10 nitrogen and oxygen atoms in total. The van der Waals surface area contributed by atoms with Gasteiger partial charge in [0.25, 0.3) is 0 Å². The summed E-state index contributed by atoms with van der Waals surface area (Å²) in [5, 5.41) is 3.30. The number of thiocarbonyl (C=S) groups is 1. The van der Waals surface area contributed by atoms with Gasteiger partial charge in [-0.15, -0.1) is 11.8 Å². The number of hydrogen-bond donors (Lipinski definition) is 2. The Morgan fingerprint density at radius 3 is 2.83 bits per heavy atom. The number of carbonyl (C=O) groups is 3. The van der Waals surface area contributed by atoms with Gasteiger partial charge in [-0.1, -0.05) is 19.1 Å². The second kappa shape index (κ2) is 9.32. The van der Waals surface area contributed by atoms with Crippen LogP contribution in [0.2, 0.25) is 0 Å². The van der Waals surface area contributed by atoms with Crippen LogP contribution in [0.5, 0.6) is 17.2 Å². The van der Waals surface area contributed by atoms with Gasteiger partial charge in [-0.3, -0.25) is 9.59 Å². The van der Waals surface area contributed by atoms with Crippen molar-refractivity contribution < 1.29 is 33.3 Å². The summed E-state index contributed by atoms with van der Waals surface area (Å²) >= 11 is 6.82. The third-order valence-corrected chi connectivity index (χ3v) is 8.36. The van der Waals surface area contributed by atoms with E-state index in [1.54, 1.807) is 25.1 Å². The van der Waals surface area contributed by atoms with E-state index >= 15 is 0 Å². The first-order valence-corrected chi connectivity index (χ1v) is 12.6. The fourth-order valence-electron chi connectivity index (χ4n) is 4.92. The Kier molecular flexibility index (Phi) is 6.36. The molecule has 4 aliphatic rings. The highest BCUT2D eigenvalue weighted by Gasteiger charge is 2.61. The molecular weight excluding hydrogens is 494 g/mol. The first kappa shape index (κ1) is 23.9. The van der Waals surface area contributed by atoms with Crippen molar-refractivity contribution in [2.45, 2.75) is 37.7 Å². The number of nitrogens with two attached hydrogens (primary N) is 1. The van der Waals surface area contributed by atoms with Gasteiger partial charge in [-0.25, -0.2) is 4.79 Å². The van der Waals surface area contributed by atoms with Crippen LogP contribution in [0.25, 0.3) is 0 Å². The molecule has 1 amide bonds. The molecule has 4 aliphatic heterocycles. The molecule has 12 heteroatoms. The standard InChI is InChI=1S/C23H25N3O7S2/c1-10-19-18(11(2)32-17(27)7-24)22(28)26(19)20(21(10)35-13-6-16(34)25-8-13)23(29)33-12-3-4-14-15(5-12)31-9-30-14/h3-5,10-11,13,18-19H,6-9,24H2,1-2H3,(H,25,34)/t10-,11-,13-,18-,19-/m1/s1. The Balaban J connectivity index is 1.42. The van der Waals surface area contributed by atoms with Gasteiger partial charge < -0.3 is 34.9 Å². The number of ether oxygens (including phenoxy) is 4. The number of hydrogen-bond acceptors (Lipinski definition) is 10. The summed E-state index contributed by atoms with van der Waals surface area (Å²) in [6.07, 6.45) is 0.0197. The maximum Gasteiger partial charge on any atom is 0.361 e. The monoisotopic (exact) mass is 519 g/mol. The fraction of sp³-hybridized carbons (Fsp3) is 0.478. The lowest BCUT2D eigenvalue weighted by Crippen LogP contribution is -2.64. The van der Waals surface area contributed by atoms with Crippen LogP contribution in [-0.2, 0) is 19.1 Å². The van der Waals surface area contributed by atoms with E-state index in [1.807, 2.05) is 6.92 Å². The molecule has 0 unspecified atom stereocenters. The van der Waals surface area contributed by atoms with E-state index in [-0.39, 0.29) is 47.9 Å². The van der Waals surface area contributed by atoms with Crippen LogP contribution in [0, 0.1) is 11.8 Å². The van der Waals surface area contributed by atoms with Gasteiger partial charge in [-0.05, 0) is 19.1 Å². The van der Waals surface area contributed by atoms with Crippen molar-refractivity contribution in [1.82, 2.24) is 10.2 Å². The molecule has 0 bridgehead atoms. The largest absolute Gasteiger partial charge is 0.461 e. The normalized spacial score (nSPS) is 27.3. The van der Waals surface area contributed by atoms with Crippen LogP contribution in [0.3, 0.4) is 0 Å². The van der Waals surface area contributed by atoms with Gasteiger partial charge in [0, 0.05) is 35.1 Å². The topological polar surface area (TPSA) is 129 Å². The highest BCUT2D eigenvalue weighted by atomic mass is 32.2. The average Bonchev–Trinajstić information content (AvgIpc) is 3.51. The first-order chi connectivity index (χ1) is 16.8. The van der Waals surface area contributed by atoms with Gasteiger partial charge >= 0.3 is 11.9 Å². The van der Waals surface area contributed by atoms with Gasteiger partial charge in [0.15, 0.2) is 11.5 Å². The quantitative estimate of drug-likeness (QED) is 0.234. The molecule has 5 rings (SSSR count). The number of benzene rings is 1. The number of amides is 1. The van der Waals surface area contributed by atoms with E-state index in [9.17, 15) is 14.4 Å². The predicted molar refractivity (Wildman–Crippen MR) is 130 cm³/mol. The van der Waals surface area contributed by atoms with E-state index in [2.05, 4.69) is 5.32 Å². The Morgan fingerprint density at radius 2 is 2.11 bits per heavy atom. The minimum absolute atomic E-state index is 0.103. The SMILES string of the molecule is C[C@@H](OC(=O)CN)[C@H]1C(=O)N2C(C(=O)Oc3ccc4c(c3)OCO4)=C(S[C@H]3CNC(=S)C3)[C@H](C)[C@H]12. The summed E-state index contributed by atoms with van der Waals surface area (Å²) in [6.45, 7) is 4.16. The lowest BCUT2D eigenvalue weighted by Gasteiger charge is -2.47. The number of fused-ring (bicyclic) bond motifs is 2. The lowest BCUT2D eigenvalue weighted by atomic mass is 9.79. The molecule has 0 radical (unpaired) electrons. The highest BCUT2D eigenvalue weighted by molar-refractivity contribution is 8.03. The summed E-state index contributed by atoms with van der Waals surface area (Å²) in [7, 11) is 0. The molecule has 0 aliphatic carbocycles. The van der Waals surface area contributed by atoms with Crippen LogP contribution < -0.4 is 25.3 Å². The van der Waals surface area contributed by atoms with Crippen molar-refractivity contribution in [2.75, 3.05) is 19.9 Å². The maximum absolute atomic E-state index is 13.4. The molecule has 3 N–H and O–H groups in total. The second-order valence-corrected chi connectivity index (χ2v) is 10.6. The van der Waals surface area contributed by atoms with Crippen molar-refractivity contribution in [1.29, 1.82) is 0 Å². The van der Waals surface area contributed by atoms with Crippen LogP contribution in [0.4, 0.5) is 0 Å². The third-order valence-electron chi connectivity index (χ3n) is 6.56. The number of thioether (sulfide) groups is 1. The summed E-state index contributed by atoms with van der Waals surface area (Å²) in [4.78, 5) is 41.4. The Hall–Kier alpha value is -2.83. The fourth-order valence-corrected chi connectivity index (χ4v) is 6.74. The van der Waals surface area contributed by atoms with Crippen molar-refractivity contribution in [3.63, 3.8) is 0 Å². The smallest absolute Gasteiger partial charge is 0.361 e. The Labute approximate surface area is 211 Å². The van der Waals surface area contributed by atoms with Gasteiger partial charge in [0.2, 0.25) is 12.7 Å². The molecule has 35 heavy (non-hydrogen) atoms. The van der Waals surface area contributed by atoms with E-state index in [4.69, 9.17) is 36.9 Å². The van der Waals surface area contributed by atoms with Crippen LogP contribution in [-0.4, -0.2) is 65.0 Å². The maximum atomic E-state index is 13.4. The lowest BCUT2D eigenvalue weighted by molar-refractivity contribution is -0.171. The molecule has 4 heterocycles. The summed E-state index contributed by atoms with van der Waals surface area (Å²) in [5.41, 5.74) is 5.59. The second-order valence-electron chi connectivity index (χ2n) is 8.78. The number of nitrogens with one attached hydrogen (secondary N) is 1. The van der Waals surface area contributed by atoms with Crippen molar-refractivity contribution >= 4 is 46.8 Å². The molecule has 186 valence electrons. The number of carbonyl (C=O) groups excluding carboxylic acids is 3. The Bertz CT molecular complexity index is 1140. The van der Waals surface area contributed by atoms with Crippen molar-refractivity contribution in [3.8, 4) is 17.2 Å². The number of rotatable bonds is 7. The van der Waals surface area contributed by atoms with E-state index in [0.29, 0.717) is 24.5 Å². The summed E-state index contributed by atoms with van der Waals surface area (Å²) in [5.74, 6) is -0.889. The van der Waals surface area contributed by atoms with E-state index in [1.165, 1.54) is 16.7 Å². The molecule has 2 saturated heterocycles. The molecule has 1 aromatic rings. The van der Waals surface area contributed by atoms with E-state index in [0.717, 1.165) is 9.89 Å². The zero-order chi connectivity index (χ0) is 24.9. The number of nitrogens with zero attached hydrogens (tertiary/aromatic N) is 1. The van der Waals surface area contributed by atoms with Crippen molar-refractivity contribution in [2.24, 2.45) is 17.6 Å². The van der Waals surface area contributed by atoms with Gasteiger partial charge in [0.05, 0.1) is 23.5 Å². The molecule has 0 saturated carbocycles. The van der Waals surface area contributed by atoms with Crippen molar-refractivity contribution in [3.05, 3.63) is 28.8 Å².